The Morgan fingerprint density at radius 1 is 0.719 bits per heavy atom. The summed E-state index contributed by atoms with van der Waals surface area (Å²) in [5, 5.41) is 0. The van der Waals surface area contributed by atoms with Crippen molar-refractivity contribution in [2.75, 3.05) is 24.6 Å². The van der Waals surface area contributed by atoms with Crippen molar-refractivity contribution in [3.8, 4) is 11.1 Å². The zero-order valence-electron chi connectivity index (χ0n) is 18.9. The lowest BCUT2D eigenvalue weighted by Crippen LogP contribution is -2.52. The highest BCUT2D eigenvalue weighted by Gasteiger charge is 2.17. The third-order valence-corrected chi connectivity index (χ3v) is 5.75. The smallest absolute Gasteiger partial charge is 0.125 e. The normalized spacial score (nSPS) is 11.4. The third-order valence-electron chi connectivity index (χ3n) is 3.99. The molecule has 0 aromatic heterocycles. The molecule has 2 aromatic rings. The molecular weight excluding hydrogens is 456 g/mol. The van der Waals surface area contributed by atoms with Crippen molar-refractivity contribution >= 4 is 31.6 Å². The first-order valence-electron chi connectivity index (χ1n) is 9.84. The summed E-state index contributed by atoms with van der Waals surface area (Å²) in [6.07, 6.45) is 0. The molecule has 182 valence electrons. The van der Waals surface area contributed by atoms with Gasteiger partial charge < -0.3 is 32.0 Å². The van der Waals surface area contributed by atoms with E-state index in [4.69, 9.17) is 11.5 Å². The fraction of sp³-hybridized carbons (Fsp3) is 0.400. The summed E-state index contributed by atoms with van der Waals surface area (Å²) >= 11 is 0. The highest BCUT2D eigenvalue weighted by atomic mass is 32.2. The van der Waals surface area contributed by atoms with Gasteiger partial charge in [-0.2, -0.15) is 0 Å². The quantitative estimate of drug-likeness (QED) is 0.331. The van der Waals surface area contributed by atoms with E-state index in [2.05, 4.69) is 39.2 Å². The predicted octanol–water partition coefficient (Wildman–Crippen LogP) is 0.0948. The number of rotatable bonds is 5. The van der Waals surface area contributed by atoms with Crippen molar-refractivity contribution in [2.24, 2.45) is 11.8 Å². The van der Waals surface area contributed by atoms with E-state index in [1.54, 1.807) is 0 Å². The topological polar surface area (TPSA) is 222 Å². The maximum absolute atomic E-state index is 11.3. The molecule has 0 amide bonds. The first-order valence-corrected chi connectivity index (χ1v) is 12.7. The molecule has 32 heavy (non-hydrogen) atoms. The summed E-state index contributed by atoms with van der Waals surface area (Å²) in [5.41, 5.74) is 17.8. The molecule has 0 bridgehead atoms. The Morgan fingerprint density at radius 3 is 1.16 bits per heavy atom. The van der Waals surface area contributed by atoms with E-state index < -0.39 is 30.0 Å². The van der Waals surface area contributed by atoms with Gasteiger partial charge in [0, 0.05) is 34.3 Å². The zero-order valence-corrected chi connectivity index (χ0v) is 20.5. The third kappa shape index (κ3) is 10.4. The van der Waals surface area contributed by atoms with Gasteiger partial charge in [-0.25, -0.2) is 16.8 Å². The molecule has 0 unspecified atom stereocenters. The first-order chi connectivity index (χ1) is 14.5. The van der Waals surface area contributed by atoms with Crippen LogP contribution in [0.25, 0.3) is 11.1 Å². The van der Waals surface area contributed by atoms with E-state index >= 15 is 0 Å². The van der Waals surface area contributed by atoms with Crippen LogP contribution < -0.4 is 22.9 Å². The van der Waals surface area contributed by atoms with Crippen LogP contribution in [0.4, 0.5) is 11.4 Å². The molecule has 2 rings (SSSR count). The van der Waals surface area contributed by atoms with Gasteiger partial charge in [0.1, 0.15) is 20.2 Å². The van der Waals surface area contributed by atoms with E-state index in [0.29, 0.717) is 0 Å². The molecule has 0 aliphatic carbocycles. The highest BCUT2D eigenvalue weighted by molar-refractivity contribution is 7.86. The molecule has 12 heteroatoms. The largest absolute Gasteiger partial charge is 0.744 e. The number of hydrogen-bond acceptors (Lipinski definition) is 8. The van der Waals surface area contributed by atoms with Gasteiger partial charge in [-0.3, -0.25) is 0 Å². The first kappa shape index (κ1) is 29.8. The molecule has 0 spiro atoms. The minimum Gasteiger partial charge on any atom is -0.744 e. The van der Waals surface area contributed by atoms with Gasteiger partial charge in [0.2, 0.25) is 0 Å². The second-order valence-corrected chi connectivity index (χ2v) is 10.5. The second kappa shape index (κ2) is 12.7. The summed E-state index contributed by atoms with van der Waals surface area (Å²) in [7, 11) is -9.87. The fourth-order valence-corrected chi connectivity index (χ4v) is 3.39. The maximum atomic E-state index is 11.3. The Balaban J connectivity index is 0.000000805. The Labute approximate surface area is 190 Å². The monoisotopic (exact) mass is 490 g/mol. The number of nitrogens with two attached hydrogens (primary N) is 2. The summed E-state index contributed by atoms with van der Waals surface area (Å²) in [5.74, 6) is 1.55. The Bertz CT molecular complexity index is 998. The Hall–Kier alpha value is -2.22. The number of nitrogen functional groups attached to an aromatic ring is 2. The molecule has 0 saturated heterocycles. The van der Waals surface area contributed by atoms with Gasteiger partial charge in [0.25, 0.3) is 0 Å². The van der Waals surface area contributed by atoms with Crippen LogP contribution >= 0.6 is 0 Å². The Morgan fingerprint density at radius 2 is 0.969 bits per heavy atom. The van der Waals surface area contributed by atoms with Gasteiger partial charge in [-0.05, 0) is 24.3 Å². The van der Waals surface area contributed by atoms with E-state index in [1.807, 2.05) is 0 Å². The van der Waals surface area contributed by atoms with Crippen molar-refractivity contribution < 1.29 is 37.4 Å². The van der Waals surface area contributed by atoms with Gasteiger partial charge in [0.05, 0.1) is 22.9 Å². The van der Waals surface area contributed by atoms with E-state index in [0.717, 1.165) is 49.2 Å². The minimum atomic E-state index is -4.93. The molecule has 0 aliphatic heterocycles. The summed E-state index contributed by atoms with van der Waals surface area (Å²) in [4.78, 5) is -1.44. The molecule has 0 fully saturated rings. The lowest BCUT2D eigenvalue weighted by atomic mass is 10.0. The number of benzene rings is 2. The van der Waals surface area contributed by atoms with Crippen molar-refractivity contribution in [1.29, 1.82) is 0 Å². The van der Waals surface area contributed by atoms with Crippen LogP contribution in [0.15, 0.2) is 46.2 Å². The second-order valence-electron chi connectivity index (χ2n) is 7.78. The van der Waals surface area contributed by atoms with Crippen molar-refractivity contribution in [1.82, 2.24) is 0 Å². The molecule has 10 N–H and O–H groups in total. The number of hydrogen-bond donors (Lipinski definition) is 4. The molecule has 0 radical (unpaired) electrons. The lowest BCUT2D eigenvalue weighted by Gasteiger charge is -2.18. The van der Waals surface area contributed by atoms with Crippen LogP contribution in [0, 0.1) is 11.8 Å². The van der Waals surface area contributed by atoms with Crippen molar-refractivity contribution in [3.63, 3.8) is 0 Å². The summed E-state index contributed by atoms with van der Waals surface area (Å²) < 4.78 is 68.1. The molecule has 0 saturated carbocycles. The van der Waals surface area contributed by atoms with Gasteiger partial charge in [-0.1, -0.05) is 39.8 Å². The zero-order chi connectivity index (χ0) is 25.3. The van der Waals surface area contributed by atoms with Crippen LogP contribution in [0.1, 0.15) is 27.7 Å². The minimum absolute atomic E-state index is 0.000139. The van der Waals surface area contributed by atoms with Crippen LogP contribution in [-0.2, 0) is 20.2 Å². The van der Waals surface area contributed by atoms with Gasteiger partial charge in [-0.15, -0.1) is 0 Å². The fourth-order valence-electron chi connectivity index (χ4n) is 1.94. The molecule has 2 aromatic carbocycles. The van der Waals surface area contributed by atoms with Crippen LogP contribution in [-0.4, -0.2) is 39.0 Å². The number of anilines is 2. The number of quaternary nitrogens is 2. The van der Waals surface area contributed by atoms with Gasteiger partial charge >= 0.3 is 0 Å². The summed E-state index contributed by atoms with van der Waals surface area (Å²) in [6, 6.07) is 6.66. The van der Waals surface area contributed by atoms with E-state index in [9.17, 15) is 25.9 Å². The van der Waals surface area contributed by atoms with Crippen LogP contribution in [0.5, 0.6) is 0 Å². The maximum Gasteiger partial charge on any atom is 0.125 e. The lowest BCUT2D eigenvalue weighted by molar-refractivity contribution is -0.377. The SMILES string of the molecule is CC(C)C[NH3+].CC(C)C[NH3+].Nc1ccc(-c2ccc(N)cc2S(=O)(=O)[O-])c(S(=O)(=O)[O-])c1. The highest BCUT2D eigenvalue weighted by Crippen LogP contribution is 2.34. The molecule has 0 atom stereocenters. The average molecular weight is 491 g/mol. The average Bonchev–Trinajstić information content (AvgIpc) is 2.67. The van der Waals surface area contributed by atoms with Crippen molar-refractivity contribution in [2.45, 2.75) is 37.5 Å². The summed E-state index contributed by atoms with van der Waals surface area (Å²) in [6.45, 7) is 10.8. The van der Waals surface area contributed by atoms with Crippen LogP contribution in [0.2, 0.25) is 0 Å². The van der Waals surface area contributed by atoms with E-state index in [1.165, 1.54) is 12.1 Å². The molecule has 0 heterocycles. The molecule has 10 nitrogen and oxygen atoms in total. The van der Waals surface area contributed by atoms with Crippen LogP contribution in [0.3, 0.4) is 0 Å². The van der Waals surface area contributed by atoms with Crippen molar-refractivity contribution in [3.05, 3.63) is 36.4 Å². The predicted molar refractivity (Wildman–Crippen MR) is 122 cm³/mol. The van der Waals surface area contributed by atoms with Gasteiger partial charge in [0.15, 0.2) is 0 Å². The molecular formula is C20H34N4O6S2. The molecule has 0 aliphatic rings. The Kier molecular flexibility index (Phi) is 11.8. The standard InChI is InChI=1S/C12H12N2O6S2.2C4H11N/c13-7-1-3-9(11(5-7)21(15,16)17)10-4-2-8(14)6-12(10)22(18,19)20;2*1-4(2)3-5/h1-6H,13-14H2,(H,15,16,17)(H,18,19,20);2*4H,3,5H2,1-2H3. The van der Waals surface area contributed by atoms with E-state index in [-0.39, 0.29) is 22.5 Å².